The Kier molecular flexibility index (Phi) is 3.11. The summed E-state index contributed by atoms with van der Waals surface area (Å²) in [6.45, 7) is 0.561. The number of halogens is 1. The van der Waals surface area contributed by atoms with E-state index in [1.165, 1.54) is 6.33 Å². The Labute approximate surface area is 113 Å². The maximum Gasteiger partial charge on any atom is 0.143 e. The van der Waals surface area contributed by atoms with Crippen molar-refractivity contribution in [2.24, 2.45) is 0 Å². The molecular formula is C11H10ClN7. The van der Waals surface area contributed by atoms with Crippen molar-refractivity contribution in [3.05, 3.63) is 47.8 Å². The monoisotopic (exact) mass is 275 g/mol. The van der Waals surface area contributed by atoms with Gasteiger partial charge in [0.05, 0.1) is 22.9 Å². The van der Waals surface area contributed by atoms with Crippen LogP contribution in [0.4, 0.5) is 5.69 Å². The number of nitrogens with one attached hydrogen (secondary N) is 2. The minimum absolute atomic E-state index is 0.561. The Balaban J connectivity index is 1.82. The molecule has 0 fully saturated rings. The number of aromatic nitrogens is 6. The first-order valence-corrected chi connectivity index (χ1v) is 5.96. The van der Waals surface area contributed by atoms with Gasteiger partial charge in [0.25, 0.3) is 0 Å². The summed E-state index contributed by atoms with van der Waals surface area (Å²) in [5.41, 5.74) is 1.63. The SMILES string of the molecule is Clc1ccc(-n2cnnn2)cc1NCc1ncc[nH]1. The van der Waals surface area contributed by atoms with Gasteiger partial charge < -0.3 is 10.3 Å². The number of imidazole rings is 1. The first-order valence-electron chi connectivity index (χ1n) is 5.58. The number of anilines is 1. The maximum absolute atomic E-state index is 6.14. The first kappa shape index (κ1) is 11.7. The van der Waals surface area contributed by atoms with E-state index in [4.69, 9.17) is 11.6 Å². The summed E-state index contributed by atoms with van der Waals surface area (Å²) >= 11 is 6.14. The van der Waals surface area contributed by atoms with Crippen LogP contribution in [0.15, 0.2) is 36.9 Å². The Morgan fingerprint density at radius 1 is 1.37 bits per heavy atom. The Morgan fingerprint density at radius 3 is 3.05 bits per heavy atom. The van der Waals surface area contributed by atoms with Crippen molar-refractivity contribution in [2.75, 3.05) is 5.32 Å². The molecule has 3 rings (SSSR count). The van der Waals surface area contributed by atoms with Gasteiger partial charge in [-0.15, -0.1) is 5.10 Å². The largest absolute Gasteiger partial charge is 0.377 e. The van der Waals surface area contributed by atoms with Crippen molar-refractivity contribution in [1.29, 1.82) is 0 Å². The second-order valence-electron chi connectivity index (χ2n) is 3.81. The summed E-state index contributed by atoms with van der Waals surface area (Å²) in [4.78, 5) is 7.15. The molecule has 0 aliphatic rings. The zero-order chi connectivity index (χ0) is 13.1. The van der Waals surface area contributed by atoms with Crippen LogP contribution in [0.3, 0.4) is 0 Å². The van der Waals surface area contributed by atoms with Gasteiger partial charge in [0.1, 0.15) is 12.2 Å². The van der Waals surface area contributed by atoms with Crippen LogP contribution < -0.4 is 5.32 Å². The summed E-state index contributed by atoms with van der Waals surface area (Å²) in [5.74, 6) is 0.837. The Bertz CT molecular complexity index is 648. The lowest BCUT2D eigenvalue weighted by Crippen LogP contribution is -2.03. The molecule has 0 bridgehead atoms. The molecule has 3 aromatic rings. The third-order valence-electron chi connectivity index (χ3n) is 2.56. The molecule has 0 unspecified atom stereocenters. The molecule has 0 spiro atoms. The predicted molar refractivity (Wildman–Crippen MR) is 70.1 cm³/mol. The minimum atomic E-state index is 0.561. The fourth-order valence-corrected chi connectivity index (χ4v) is 1.83. The molecule has 19 heavy (non-hydrogen) atoms. The van der Waals surface area contributed by atoms with E-state index in [1.807, 2.05) is 12.1 Å². The average Bonchev–Trinajstić information content (AvgIpc) is 3.11. The van der Waals surface area contributed by atoms with Gasteiger partial charge in [0.15, 0.2) is 0 Å². The smallest absolute Gasteiger partial charge is 0.143 e. The lowest BCUT2D eigenvalue weighted by Gasteiger charge is -2.09. The van der Waals surface area contributed by atoms with E-state index in [2.05, 4.69) is 30.8 Å². The third-order valence-corrected chi connectivity index (χ3v) is 2.89. The van der Waals surface area contributed by atoms with Crippen LogP contribution in [0.25, 0.3) is 5.69 Å². The Morgan fingerprint density at radius 2 is 2.32 bits per heavy atom. The molecule has 0 saturated heterocycles. The van der Waals surface area contributed by atoms with Crippen LogP contribution in [0.2, 0.25) is 5.02 Å². The summed E-state index contributed by atoms with van der Waals surface area (Å²) in [5, 5.41) is 14.9. The van der Waals surface area contributed by atoms with E-state index >= 15 is 0 Å². The van der Waals surface area contributed by atoms with Crippen LogP contribution in [0.1, 0.15) is 5.82 Å². The molecule has 0 aliphatic carbocycles. The van der Waals surface area contributed by atoms with Gasteiger partial charge >= 0.3 is 0 Å². The molecule has 7 nitrogen and oxygen atoms in total. The predicted octanol–water partition coefficient (Wildman–Crippen LogP) is 1.65. The molecule has 2 aromatic heterocycles. The number of hydrogen-bond acceptors (Lipinski definition) is 5. The van der Waals surface area contributed by atoms with Gasteiger partial charge in [-0.05, 0) is 28.6 Å². The van der Waals surface area contributed by atoms with E-state index in [9.17, 15) is 0 Å². The molecule has 8 heteroatoms. The van der Waals surface area contributed by atoms with Gasteiger partial charge in [0, 0.05) is 12.4 Å². The highest BCUT2D eigenvalue weighted by Gasteiger charge is 2.05. The van der Waals surface area contributed by atoms with Gasteiger partial charge in [-0.1, -0.05) is 11.6 Å². The minimum Gasteiger partial charge on any atom is -0.377 e. The fraction of sp³-hybridized carbons (Fsp3) is 0.0909. The van der Waals surface area contributed by atoms with Gasteiger partial charge in [-0.2, -0.15) is 0 Å². The summed E-state index contributed by atoms with van der Waals surface area (Å²) < 4.78 is 1.56. The molecule has 96 valence electrons. The highest BCUT2D eigenvalue weighted by molar-refractivity contribution is 6.33. The van der Waals surface area contributed by atoms with Crippen LogP contribution >= 0.6 is 11.6 Å². The molecule has 1 aromatic carbocycles. The second-order valence-corrected chi connectivity index (χ2v) is 4.22. The second kappa shape index (κ2) is 5.07. The standard InChI is InChI=1S/C11H10ClN7/c12-9-2-1-8(19-7-16-17-18-19)5-10(9)15-6-11-13-3-4-14-11/h1-5,7,15H,6H2,(H,13,14). The van der Waals surface area contributed by atoms with Crippen LogP contribution in [-0.2, 0) is 6.54 Å². The zero-order valence-electron chi connectivity index (χ0n) is 9.79. The van der Waals surface area contributed by atoms with Crippen molar-refractivity contribution < 1.29 is 0 Å². The molecule has 2 heterocycles. The molecule has 2 N–H and O–H groups in total. The van der Waals surface area contributed by atoms with E-state index in [0.29, 0.717) is 11.6 Å². The van der Waals surface area contributed by atoms with Crippen molar-refractivity contribution in [3.63, 3.8) is 0 Å². The number of aromatic amines is 1. The van der Waals surface area contributed by atoms with Crippen molar-refractivity contribution in [2.45, 2.75) is 6.54 Å². The molecule has 0 amide bonds. The van der Waals surface area contributed by atoms with E-state index in [-0.39, 0.29) is 0 Å². The molecule has 0 radical (unpaired) electrons. The van der Waals surface area contributed by atoms with Crippen molar-refractivity contribution in [3.8, 4) is 5.69 Å². The first-order chi connectivity index (χ1) is 9.33. The third kappa shape index (κ3) is 2.55. The number of tetrazole rings is 1. The van der Waals surface area contributed by atoms with Gasteiger partial charge in [-0.25, -0.2) is 9.67 Å². The van der Waals surface area contributed by atoms with Gasteiger partial charge in [0.2, 0.25) is 0 Å². The summed E-state index contributed by atoms with van der Waals surface area (Å²) in [6, 6.07) is 5.52. The highest BCUT2D eigenvalue weighted by atomic mass is 35.5. The van der Waals surface area contributed by atoms with Crippen molar-refractivity contribution in [1.82, 2.24) is 30.2 Å². The molecular weight excluding hydrogens is 266 g/mol. The number of hydrogen-bond donors (Lipinski definition) is 2. The number of H-pyrrole nitrogens is 1. The Hall–Kier alpha value is -2.41. The molecule has 0 aliphatic heterocycles. The molecule has 0 atom stereocenters. The lowest BCUT2D eigenvalue weighted by atomic mass is 10.2. The van der Waals surface area contributed by atoms with E-state index in [0.717, 1.165) is 17.2 Å². The van der Waals surface area contributed by atoms with E-state index in [1.54, 1.807) is 23.1 Å². The van der Waals surface area contributed by atoms with E-state index < -0.39 is 0 Å². The lowest BCUT2D eigenvalue weighted by molar-refractivity contribution is 0.789. The zero-order valence-corrected chi connectivity index (χ0v) is 10.5. The maximum atomic E-state index is 6.14. The van der Waals surface area contributed by atoms with Crippen molar-refractivity contribution >= 4 is 17.3 Å². The number of nitrogens with zero attached hydrogens (tertiary/aromatic N) is 5. The van der Waals surface area contributed by atoms with Crippen LogP contribution in [0, 0.1) is 0 Å². The van der Waals surface area contributed by atoms with Crippen LogP contribution in [0.5, 0.6) is 0 Å². The summed E-state index contributed by atoms with van der Waals surface area (Å²) in [7, 11) is 0. The van der Waals surface area contributed by atoms with Gasteiger partial charge in [-0.3, -0.25) is 0 Å². The highest BCUT2D eigenvalue weighted by Crippen LogP contribution is 2.24. The molecule has 0 saturated carbocycles. The normalized spacial score (nSPS) is 10.6. The average molecular weight is 276 g/mol. The fourth-order valence-electron chi connectivity index (χ4n) is 1.64. The number of rotatable bonds is 4. The topological polar surface area (TPSA) is 84.3 Å². The quantitative estimate of drug-likeness (QED) is 0.756. The summed E-state index contributed by atoms with van der Waals surface area (Å²) in [6.07, 6.45) is 5.01. The number of benzene rings is 1. The van der Waals surface area contributed by atoms with Crippen LogP contribution in [-0.4, -0.2) is 30.2 Å².